The van der Waals surface area contributed by atoms with Crippen LogP contribution in [0, 0.1) is 11.3 Å². The minimum atomic E-state index is -0.282. The Labute approximate surface area is 104 Å². The summed E-state index contributed by atoms with van der Waals surface area (Å²) in [5, 5.41) is 12.8. The quantitative estimate of drug-likeness (QED) is 0.799. The summed E-state index contributed by atoms with van der Waals surface area (Å²) in [5.74, 6) is 0. The summed E-state index contributed by atoms with van der Waals surface area (Å²) in [6.45, 7) is 6.70. The third kappa shape index (κ3) is 2.98. The van der Waals surface area contributed by atoms with Crippen LogP contribution in [0.1, 0.15) is 32.6 Å². The monoisotopic (exact) mass is 237 g/mol. The van der Waals surface area contributed by atoms with Gasteiger partial charge in [0.25, 0.3) is 0 Å². The van der Waals surface area contributed by atoms with Gasteiger partial charge in [0.15, 0.2) is 0 Å². The first-order chi connectivity index (χ1) is 8.29. The molecule has 0 spiro atoms. The Morgan fingerprint density at radius 3 is 2.88 bits per heavy atom. The summed E-state index contributed by atoms with van der Waals surface area (Å²) >= 11 is 0. The van der Waals surface area contributed by atoms with Gasteiger partial charge >= 0.3 is 0 Å². The Morgan fingerprint density at radius 2 is 2.24 bits per heavy atom. The maximum atomic E-state index is 9.43. The average molecular weight is 237 g/mol. The highest BCUT2D eigenvalue weighted by molar-refractivity contribution is 5.11. The third-order valence-electron chi connectivity index (χ3n) is 4.02. The molecule has 0 amide bonds. The molecule has 2 fully saturated rings. The molecule has 0 bridgehead atoms. The van der Waals surface area contributed by atoms with Crippen molar-refractivity contribution in [2.45, 2.75) is 44.2 Å². The van der Waals surface area contributed by atoms with E-state index in [-0.39, 0.29) is 5.54 Å². The molecule has 4 heteroatoms. The van der Waals surface area contributed by atoms with E-state index >= 15 is 0 Å². The van der Waals surface area contributed by atoms with E-state index < -0.39 is 0 Å². The zero-order valence-electron chi connectivity index (χ0n) is 10.7. The fourth-order valence-corrected chi connectivity index (χ4v) is 3.14. The van der Waals surface area contributed by atoms with Crippen LogP contribution in [0.2, 0.25) is 0 Å². The molecule has 0 radical (unpaired) electrons. The van der Waals surface area contributed by atoms with Gasteiger partial charge in [-0.15, -0.1) is 0 Å². The van der Waals surface area contributed by atoms with E-state index in [0.29, 0.717) is 6.04 Å². The zero-order valence-corrected chi connectivity index (χ0v) is 10.7. The number of ether oxygens (including phenoxy) is 1. The number of nitrogens with zero attached hydrogens (tertiary/aromatic N) is 2. The van der Waals surface area contributed by atoms with E-state index in [9.17, 15) is 5.26 Å². The molecular formula is C13H23N3O. The zero-order chi connectivity index (χ0) is 12.1. The molecule has 17 heavy (non-hydrogen) atoms. The Morgan fingerprint density at radius 1 is 1.47 bits per heavy atom. The fraction of sp³-hybridized carbons (Fsp3) is 0.923. The molecule has 1 aliphatic carbocycles. The largest absolute Gasteiger partial charge is 0.379 e. The van der Waals surface area contributed by atoms with E-state index in [1.807, 2.05) is 0 Å². The van der Waals surface area contributed by atoms with Crippen molar-refractivity contribution in [3.63, 3.8) is 0 Å². The lowest BCUT2D eigenvalue weighted by Crippen LogP contribution is -2.54. The van der Waals surface area contributed by atoms with Crippen LogP contribution in [-0.4, -0.2) is 49.3 Å². The van der Waals surface area contributed by atoms with Crippen molar-refractivity contribution in [2.75, 3.05) is 32.8 Å². The van der Waals surface area contributed by atoms with Gasteiger partial charge in [-0.2, -0.15) is 5.26 Å². The number of nitriles is 1. The predicted octanol–water partition coefficient (Wildman–Crippen LogP) is 1.13. The van der Waals surface area contributed by atoms with Gasteiger partial charge < -0.3 is 4.74 Å². The summed E-state index contributed by atoms with van der Waals surface area (Å²) in [4.78, 5) is 2.51. The molecule has 1 aliphatic heterocycles. The second kappa shape index (κ2) is 5.81. The summed E-state index contributed by atoms with van der Waals surface area (Å²) in [5.41, 5.74) is -0.282. The van der Waals surface area contributed by atoms with Crippen molar-refractivity contribution in [1.29, 1.82) is 5.26 Å². The molecule has 2 unspecified atom stereocenters. The lowest BCUT2D eigenvalue weighted by molar-refractivity contribution is 0.00150. The van der Waals surface area contributed by atoms with Gasteiger partial charge in [-0.25, -0.2) is 0 Å². The molecule has 0 aromatic rings. The minimum absolute atomic E-state index is 0.282. The normalized spacial score (nSPS) is 35.4. The molecule has 0 aromatic carbocycles. The maximum Gasteiger partial charge on any atom is 0.108 e. The van der Waals surface area contributed by atoms with Crippen LogP contribution < -0.4 is 5.32 Å². The van der Waals surface area contributed by atoms with Crippen LogP contribution in [0.15, 0.2) is 0 Å². The molecule has 2 rings (SSSR count). The topological polar surface area (TPSA) is 48.3 Å². The van der Waals surface area contributed by atoms with Crippen LogP contribution in [0.5, 0.6) is 0 Å². The number of hydrogen-bond acceptors (Lipinski definition) is 4. The molecule has 2 atom stereocenters. The number of rotatable bonds is 3. The Bertz CT molecular complexity index is 279. The van der Waals surface area contributed by atoms with Crippen molar-refractivity contribution in [1.82, 2.24) is 10.2 Å². The molecule has 0 aromatic heterocycles. The van der Waals surface area contributed by atoms with Crippen molar-refractivity contribution in [3.8, 4) is 6.07 Å². The molecular weight excluding hydrogens is 214 g/mol. The Balaban J connectivity index is 1.97. The summed E-state index contributed by atoms with van der Waals surface area (Å²) in [6.07, 6.45) is 4.35. The van der Waals surface area contributed by atoms with Crippen LogP contribution in [0.4, 0.5) is 0 Å². The van der Waals surface area contributed by atoms with Crippen molar-refractivity contribution < 1.29 is 4.74 Å². The summed E-state index contributed by atoms with van der Waals surface area (Å²) in [7, 11) is 0. The third-order valence-corrected chi connectivity index (χ3v) is 4.02. The van der Waals surface area contributed by atoms with E-state index in [2.05, 4.69) is 23.2 Å². The molecule has 2 aliphatic rings. The first-order valence-corrected chi connectivity index (χ1v) is 6.78. The lowest BCUT2D eigenvalue weighted by atomic mass is 9.79. The maximum absolute atomic E-state index is 9.43. The lowest BCUT2D eigenvalue weighted by Gasteiger charge is -2.42. The van der Waals surface area contributed by atoms with Gasteiger partial charge in [0, 0.05) is 19.1 Å². The highest BCUT2D eigenvalue weighted by atomic mass is 16.5. The van der Waals surface area contributed by atoms with Gasteiger partial charge in [0.05, 0.1) is 19.3 Å². The van der Waals surface area contributed by atoms with E-state index in [0.717, 1.165) is 52.1 Å². The van der Waals surface area contributed by atoms with E-state index in [1.165, 1.54) is 6.42 Å². The second-order valence-corrected chi connectivity index (χ2v) is 5.12. The van der Waals surface area contributed by atoms with Crippen LogP contribution >= 0.6 is 0 Å². The summed E-state index contributed by atoms with van der Waals surface area (Å²) < 4.78 is 5.39. The number of hydrogen-bond donors (Lipinski definition) is 1. The minimum Gasteiger partial charge on any atom is -0.379 e. The van der Waals surface area contributed by atoms with Gasteiger partial charge in [0.1, 0.15) is 5.54 Å². The molecule has 96 valence electrons. The van der Waals surface area contributed by atoms with Gasteiger partial charge in [0.2, 0.25) is 0 Å². The highest BCUT2D eigenvalue weighted by Gasteiger charge is 2.38. The van der Waals surface area contributed by atoms with Crippen molar-refractivity contribution in [2.24, 2.45) is 0 Å². The summed E-state index contributed by atoms with van der Waals surface area (Å²) in [6, 6.07) is 3.08. The number of morpholine rings is 1. The van der Waals surface area contributed by atoms with Crippen molar-refractivity contribution >= 4 is 0 Å². The standard InChI is InChI=1S/C13H23N3O/c1-2-15-13(11-14)5-3-4-12(10-13)16-6-8-17-9-7-16/h12,15H,2-10H2,1H3. The van der Waals surface area contributed by atoms with Crippen LogP contribution in [0.25, 0.3) is 0 Å². The van der Waals surface area contributed by atoms with Crippen molar-refractivity contribution in [3.05, 3.63) is 0 Å². The van der Waals surface area contributed by atoms with E-state index in [1.54, 1.807) is 0 Å². The van der Waals surface area contributed by atoms with Gasteiger partial charge in [-0.3, -0.25) is 10.2 Å². The SMILES string of the molecule is CCNC1(C#N)CCCC(N2CCOCC2)C1. The van der Waals surface area contributed by atoms with E-state index in [4.69, 9.17) is 4.74 Å². The number of nitrogens with one attached hydrogen (secondary N) is 1. The van der Waals surface area contributed by atoms with Gasteiger partial charge in [-0.05, 0) is 32.2 Å². The van der Waals surface area contributed by atoms with Crippen LogP contribution in [-0.2, 0) is 4.74 Å². The highest BCUT2D eigenvalue weighted by Crippen LogP contribution is 2.31. The van der Waals surface area contributed by atoms with Gasteiger partial charge in [-0.1, -0.05) is 6.92 Å². The predicted molar refractivity (Wildman–Crippen MR) is 66.7 cm³/mol. The molecule has 1 saturated carbocycles. The molecule has 1 N–H and O–H groups in total. The Kier molecular flexibility index (Phi) is 4.38. The first-order valence-electron chi connectivity index (χ1n) is 6.78. The molecule has 4 nitrogen and oxygen atoms in total. The molecule has 1 saturated heterocycles. The smallest absolute Gasteiger partial charge is 0.108 e. The fourth-order valence-electron chi connectivity index (χ4n) is 3.14. The second-order valence-electron chi connectivity index (χ2n) is 5.12. The van der Waals surface area contributed by atoms with Crippen LogP contribution in [0.3, 0.4) is 0 Å². The Hall–Kier alpha value is -0.630. The average Bonchev–Trinajstić information content (AvgIpc) is 2.40. The first kappa shape index (κ1) is 12.8. The molecule has 1 heterocycles.